The minimum atomic E-state index is -2.82. The highest BCUT2D eigenvalue weighted by Gasteiger charge is 2.42. The third-order valence-electron chi connectivity index (χ3n) is 4.12. The first-order chi connectivity index (χ1) is 12.5. The topological polar surface area (TPSA) is 120 Å². The van der Waals surface area contributed by atoms with Crippen molar-refractivity contribution < 1.29 is 23.5 Å². The Morgan fingerprint density at radius 3 is 2.69 bits per heavy atom. The molecule has 1 aromatic heterocycles. The molecule has 0 saturated carbocycles. The fourth-order valence-corrected chi connectivity index (χ4v) is 3.43. The van der Waals surface area contributed by atoms with Gasteiger partial charge in [0.2, 0.25) is 0 Å². The lowest BCUT2D eigenvalue weighted by Crippen LogP contribution is -2.33. The third kappa shape index (κ3) is 4.13. The molecule has 0 bridgehead atoms. The number of nitrogens with one attached hydrogen (secondary N) is 1. The first-order valence-corrected chi connectivity index (χ1v) is 9.23. The number of aromatic amines is 1. The van der Waals surface area contributed by atoms with Crippen LogP contribution in [0.1, 0.15) is 13.2 Å². The van der Waals surface area contributed by atoms with Crippen LogP contribution in [0.2, 0.25) is 0 Å². The quantitative estimate of drug-likeness (QED) is 0.713. The number of aliphatic hydroxyl groups is 1. The molecular weight excluding hydrogens is 363 g/mol. The van der Waals surface area contributed by atoms with Crippen molar-refractivity contribution in [3.05, 3.63) is 63.4 Å². The maximum atomic E-state index is 11.9. The first kappa shape index (κ1) is 18.6. The predicted molar refractivity (Wildman–Crippen MR) is 92.4 cm³/mol. The SMILES string of the molecule is C[C@H]1[C@H](O)[C@@H](CO[PH](=O)Oc2ccccc2)O[C@H]1n1ccc(=O)[nH]c1=O. The van der Waals surface area contributed by atoms with Gasteiger partial charge in [-0.2, -0.15) is 0 Å². The van der Waals surface area contributed by atoms with Gasteiger partial charge in [-0.25, -0.2) is 9.36 Å². The van der Waals surface area contributed by atoms with Crippen molar-refractivity contribution >= 4 is 8.25 Å². The summed E-state index contributed by atoms with van der Waals surface area (Å²) in [5.74, 6) is -0.0279. The Balaban J connectivity index is 1.62. The van der Waals surface area contributed by atoms with E-state index < -0.39 is 43.9 Å². The van der Waals surface area contributed by atoms with Crippen LogP contribution in [0, 0.1) is 5.92 Å². The highest BCUT2D eigenvalue weighted by molar-refractivity contribution is 7.33. The van der Waals surface area contributed by atoms with Gasteiger partial charge in [0.15, 0.2) is 0 Å². The summed E-state index contributed by atoms with van der Waals surface area (Å²) >= 11 is 0. The molecule has 140 valence electrons. The van der Waals surface area contributed by atoms with Crippen molar-refractivity contribution in [3.8, 4) is 5.75 Å². The molecule has 9 nitrogen and oxygen atoms in total. The van der Waals surface area contributed by atoms with Crippen LogP contribution in [0.25, 0.3) is 0 Å². The zero-order valence-electron chi connectivity index (χ0n) is 13.9. The molecule has 1 unspecified atom stereocenters. The maximum Gasteiger partial charge on any atom is 0.367 e. The van der Waals surface area contributed by atoms with Gasteiger partial charge in [-0.3, -0.25) is 18.9 Å². The Morgan fingerprint density at radius 1 is 1.27 bits per heavy atom. The molecule has 3 rings (SSSR count). The summed E-state index contributed by atoms with van der Waals surface area (Å²) < 4.78 is 29.1. The summed E-state index contributed by atoms with van der Waals surface area (Å²) in [5.41, 5.74) is -1.15. The van der Waals surface area contributed by atoms with Gasteiger partial charge in [0, 0.05) is 18.2 Å². The zero-order valence-corrected chi connectivity index (χ0v) is 14.9. The molecule has 1 fully saturated rings. The predicted octanol–water partition coefficient (Wildman–Crippen LogP) is 0.916. The average Bonchev–Trinajstić information content (AvgIpc) is 2.89. The van der Waals surface area contributed by atoms with Crippen LogP contribution < -0.4 is 15.8 Å². The Hall–Kier alpha value is -2.19. The van der Waals surface area contributed by atoms with E-state index in [1.807, 2.05) is 0 Å². The number of aliphatic hydroxyl groups excluding tert-OH is 1. The molecule has 10 heteroatoms. The molecule has 1 aromatic carbocycles. The molecule has 1 aliphatic heterocycles. The van der Waals surface area contributed by atoms with E-state index in [0.29, 0.717) is 5.75 Å². The lowest BCUT2D eigenvalue weighted by molar-refractivity contribution is -0.0430. The number of H-pyrrole nitrogens is 1. The van der Waals surface area contributed by atoms with Crippen LogP contribution in [0.4, 0.5) is 0 Å². The number of aromatic nitrogens is 2. The van der Waals surface area contributed by atoms with Crippen molar-refractivity contribution in [3.63, 3.8) is 0 Å². The van der Waals surface area contributed by atoms with Gasteiger partial charge in [0.05, 0.1) is 12.7 Å². The second-order valence-electron chi connectivity index (χ2n) is 5.91. The average molecular weight is 382 g/mol. The normalized spacial score (nSPS) is 26.5. The maximum absolute atomic E-state index is 11.9. The molecule has 1 aliphatic rings. The van der Waals surface area contributed by atoms with Gasteiger partial charge < -0.3 is 14.4 Å². The van der Waals surface area contributed by atoms with Crippen LogP contribution in [-0.4, -0.2) is 33.5 Å². The summed E-state index contributed by atoms with van der Waals surface area (Å²) in [7, 11) is -2.82. The summed E-state index contributed by atoms with van der Waals surface area (Å²) in [6.07, 6.45) is -1.20. The standard InChI is InChI=1S/C16H19N2O7P/c1-10-14(20)12(9-23-26(22)25-11-5-3-2-4-6-11)24-15(10)18-8-7-13(19)17-16(18)21/h2-8,10,12,14-15,20,26H,9H2,1H3,(H,17,19,21)/t10-,12+,14-,15+/m0/s1. The highest BCUT2D eigenvalue weighted by Crippen LogP contribution is 2.35. The summed E-state index contributed by atoms with van der Waals surface area (Å²) in [4.78, 5) is 25.2. The Kier molecular flexibility index (Phi) is 5.73. The van der Waals surface area contributed by atoms with Crippen LogP contribution in [-0.2, 0) is 13.8 Å². The number of hydrogen-bond acceptors (Lipinski definition) is 7. The minimum Gasteiger partial charge on any atom is -0.426 e. The fraction of sp³-hybridized carbons (Fsp3) is 0.375. The Morgan fingerprint density at radius 2 is 2.00 bits per heavy atom. The number of para-hydroxylation sites is 1. The molecule has 1 saturated heterocycles. The van der Waals surface area contributed by atoms with Gasteiger partial charge in [-0.15, -0.1) is 0 Å². The van der Waals surface area contributed by atoms with Crippen LogP contribution >= 0.6 is 8.25 Å². The van der Waals surface area contributed by atoms with Gasteiger partial charge in [-0.05, 0) is 12.1 Å². The van der Waals surface area contributed by atoms with Gasteiger partial charge in [0.25, 0.3) is 5.56 Å². The van der Waals surface area contributed by atoms with Crippen molar-refractivity contribution in [2.24, 2.45) is 5.92 Å². The van der Waals surface area contributed by atoms with E-state index >= 15 is 0 Å². The molecule has 0 aliphatic carbocycles. The third-order valence-corrected chi connectivity index (χ3v) is 4.92. The molecule has 0 radical (unpaired) electrons. The van der Waals surface area contributed by atoms with Crippen molar-refractivity contribution in [1.82, 2.24) is 9.55 Å². The number of nitrogens with zero attached hydrogens (tertiary/aromatic N) is 1. The summed E-state index contributed by atoms with van der Waals surface area (Å²) in [6, 6.07) is 9.76. The lowest BCUT2D eigenvalue weighted by Gasteiger charge is -2.17. The molecule has 5 atom stereocenters. The number of hydrogen-bond donors (Lipinski definition) is 2. The molecule has 26 heavy (non-hydrogen) atoms. The molecule has 0 amide bonds. The smallest absolute Gasteiger partial charge is 0.367 e. The van der Waals surface area contributed by atoms with Crippen molar-refractivity contribution in [1.29, 1.82) is 0 Å². The number of ether oxygens (including phenoxy) is 1. The number of benzene rings is 1. The van der Waals surface area contributed by atoms with Gasteiger partial charge in [0.1, 0.15) is 18.1 Å². The van der Waals surface area contributed by atoms with E-state index in [1.54, 1.807) is 37.3 Å². The van der Waals surface area contributed by atoms with Crippen molar-refractivity contribution in [2.75, 3.05) is 6.61 Å². The number of rotatable bonds is 6. The van der Waals surface area contributed by atoms with Crippen molar-refractivity contribution in [2.45, 2.75) is 25.4 Å². The van der Waals surface area contributed by atoms with Gasteiger partial charge in [-0.1, -0.05) is 25.1 Å². The lowest BCUT2D eigenvalue weighted by atomic mass is 10.0. The van der Waals surface area contributed by atoms with E-state index in [4.69, 9.17) is 13.8 Å². The Bertz CT molecular complexity index is 882. The van der Waals surface area contributed by atoms with Gasteiger partial charge >= 0.3 is 13.9 Å². The zero-order chi connectivity index (χ0) is 18.7. The van der Waals surface area contributed by atoms with Crippen LogP contribution in [0.5, 0.6) is 5.75 Å². The Labute approximate surface area is 149 Å². The first-order valence-electron chi connectivity index (χ1n) is 8.00. The van der Waals surface area contributed by atoms with E-state index in [2.05, 4.69) is 4.98 Å². The van der Waals surface area contributed by atoms with E-state index in [9.17, 15) is 19.3 Å². The van der Waals surface area contributed by atoms with E-state index in [0.717, 1.165) is 0 Å². The molecule has 2 aromatic rings. The van der Waals surface area contributed by atoms with E-state index in [-0.39, 0.29) is 6.61 Å². The monoisotopic (exact) mass is 382 g/mol. The second-order valence-corrected chi connectivity index (χ2v) is 6.90. The summed E-state index contributed by atoms with van der Waals surface area (Å²) in [5, 5.41) is 10.3. The largest absolute Gasteiger partial charge is 0.426 e. The summed E-state index contributed by atoms with van der Waals surface area (Å²) in [6.45, 7) is 1.54. The molecule has 0 spiro atoms. The molecular formula is C16H19N2O7P. The second kappa shape index (κ2) is 8.01. The molecule has 2 N–H and O–H groups in total. The fourth-order valence-electron chi connectivity index (χ4n) is 2.74. The minimum absolute atomic E-state index is 0.162. The van der Waals surface area contributed by atoms with Crippen LogP contribution in [0.15, 0.2) is 52.2 Å². The van der Waals surface area contributed by atoms with Crippen LogP contribution in [0.3, 0.4) is 0 Å². The van der Waals surface area contributed by atoms with E-state index in [1.165, 1.54) is 16.8 Å². The molecule has 2 heterocycles. The highest BCUT2D eigenvalue weighted by atomic mass is 31.1.